The summed E-state index contributed by atoms with van der Waals surface area (Å²) in [4.78, 5) is 18.2. The zero-order chi connectivity index (χ0) is 23.8. The molecule has 6 nitrogen and oxygen atoms in total. The van der Waals surface area contributed by atoms with E-state index in [0.29, 0.717) is 13.1 Å². The van der Waals surface area contributed by atoms with Crippen molar-refractivity contribution in [2.75, 3.05) is 13.1 Å². The summed E-state index contributed by atoms with van der Waals surface area (Å²) < 4.78 is 8.26. The Kier molecular flexibility index (Phi) is 5.26. The molecule has 0 spiro atoms. The summed E-state index contributed by atoms with van der Waals surface area (Å²) in [5.74, 6) is 1.56. The average Bonchev–Trinajstić information content (AvgIpc) is 3.54. The van der Waals surface area contributed by atoms with E-state index < -0.39 is 0 Å². The topological polar surface area (TPSA) is 60.2 Å². The van der Waals surface area contributed by atoms with Crippen LogP contribution < -0.4 is 4.74 Å². The molecule has 2 aromatic heterocycles. The Morgan fingerprint density at radius 3 is 2.69 bits per heavy atom. The highest BCUT2D eigenvalue weighted by Gasteiger charge is 2.28. The fourth-order valence-electron chi connectivity index (χ4n) is 4.84. The number of hydrogen-bond acceptors (Lipinski definition) is 4. The van der Waals surface area contributed by atoms with Gasteiger partial charge in [0, 0.05) is 41.8 Å². The highest BCUT2D eigenvalue weighted by Crippen LogP contribution is 2.34. The van der Waals surface area contributed by atoms with Gasteiger partial charge in [-0.1, -0.05) is 43.0 Å². The summed E-state index contributed by atoms with van der Waals surface area (Å²) in [6, 6.07) is 24.4. The van der Waals surface area contributed by atoms with Gasteiger partial charge in [0.1, 0.15) is 17.2 Å². The lowest BCUT2D eigenvalue weighted by atomic mass is 10.1. The van der Waals surface area contributed by atoms with Crippen LogP contribution in [-0.4, -0.2) is 38.7 Å². The Bertz CT molecular complexity index is 1550. The molecule has 0 aliphatic carbocycles. The fourth-order valence-corrected chi connectivity index (χ4v) is 4.84. The van der Waals surface area contributed by atoms with Gasteiger partial charge in [-0.2, -0.15) is 5.10 Å². The molecule has 1 amide bonds. The first-order chi connectivity index (χ1) is 17.2. The predicted molar refractivity (Wildman–Crippen MR) is 137 cm³/mol. The van der Waals surface area contributed by atoms with E-state index in [0.717, 1.165) is 50.9 Å². The van der Waals surface area contributed by atoms with E-state index in [4.69, 9.17) is 9.84 Å². The van der Waals surface area contributed by atoms with Gasteiger partial charge < -0.3 is 9.64 Å². The molecular weight excluding hydrogens is 436 g/mol. The molecule has 1 aliphatic heterocycles. The first-order valence-electron chi connectivity index (χ1n) is 11.7. The number of hydrogen-bond donors (Lipinski definition) is 0. The van der Waals surface area contributed by atoms with Crippen LogP contribution in [0.5, 0.6) is 11.5 Å². The standard InChI is InChI=1S/C29H24N4O2/c1-2-28(34)32-17-15-22(19-32)33-26-14-16-30-18-25(26)29(31-33)21-10-12-23(13-11-21)35-27-9-5-7-20-6-3-4-8-24(20)27/h2-14,16,18,22H,1,15,17,19H2. The first kappa shape index (κ1) is 21.1. The zero-order valence-corrected chi connectivity index (χ0v) is 19.2. The van der Waals surface area contributed by atoms with Crippen LogP contribution in [0.15, 0.2) is 97.8 Å². The number of benzene rings is 3. The third-order valence-electron chi connectivity index (χ3n) is 6.61. The smallest absolute Gasteiger partial charge is 0.246 e. The molecule has 0 radical (unpaired) electrons. The van der Waals surface area contributed by atoms with Crippen molar-refractivity contribution < 1.29 is 9.53 Å². The summed E-state index contributed by atoms with van der Waals surface area (Å²) >= 11 is 0. The van der Waals surface area contributed by atoms with Gasteiger partial charge in [0.2, 0.25) is 5.91 Å². The van der Waals surface area contributed by atoms with E-state index in [1.807, 2.05) is 70.4 Å². The lowest BCUT2D eigenvalue weighted by molar-refractivity contribution is -0.125. The van der Waals surface area contributed by atoms with E-state index in [9.17, 15) is 4.79 Å². The van der Waals surface area contributed by atoms with Gasteiger partial charge in [0.15, 0.2) is 0 Å². The molecule has 0 bridgehead atoms. The van der Waals surface area contributed by atoms with Crippen molar-refractivity contribution in [2.45, 2.75) is 12.5 Å². The van der Waals surface area contributed by atoms with Gasteiger partial charge in [-0.05, 0) is 54.3 Å². The minimum atomic E-state index is -0.0346. The number of fused-ring (bicyclic) bond motifs is 2. The number of aromatic nitrogens is 3. The molecule has 0 saturated carbocycles. The molecule has 1 fully saturated rings. The molecule has 1 unspecified atom stereocenters. The van der Waals surface area contributed by atoms with Crippen molar-refractivity contribution in [2.24, 2.45) is 0 Å². The van der Waals surface area contributed by atoms with Gasteiger partial charge in [0.25, 0.3) is 0 Å². The lowest BCUT2D eigenvalue weighted by Crippen LogP contribution is -2.27. The van der Waals surface area contributed by atoms with Crippen LogP contribution in [0.1, 0.15) is 12.5 Å². The third kappa shape index (κ3) is 3.83. The van der Waals surface area contributed by atoms with Crippen molar-refractivity contribution in [3.8, 4) is 22.8 Å². The average molecular weight is 461 g/mol. The molecule has 3 heterocycles. The highest BCUT2D eigenvalue weighted by molar-refractivity contribution is 5.93. The first-order valence-corrected chi connectivity index (χ1v) is 11.7. The van der Waals surface area contributed by atoms with E-state index in [1.54, 1.807) is 6.20 Å². The Hall–Kier alpha value is -4.45. The second-order valence-corrected chi connectivity index (χ2v) is 8.72. The van der Waals surface area contributed by atoms with Crippen LogP contribution in [0.4, 0.5) is 0 Å². The molecule has 1 saturated heterocycles. The maximum absolute atomic E-state index is 12.1. The van der Waals surface area contributed by atoms with Gasteiger partial charge in [-0.25, -0.2) is 0 Å². The van der Waals surface area contributed by atoms with Gasteiger partial charge in [-0.3, -0.25) is 14.5 Å². The Morgan fingerprint density at radius 2 is 1.83 bits per heavy atom. The van der Waals surface area contributed by atoms with Crippen LogP contribution in [0.25, 0.3) is 32.9 Å². The van der Waals surface area contributed by atoms with E-state index in [2.05, 4.69) is 29.8 Å². The van der Waals surface area contributed by atoms with Crippen LogP contribution in [0.3, 0.4) is 0 Å². The number of amides is 1. The quantitative estimate of drug-likeness (QED) is 0.302. The number of rotatable bonds is 5. The number of pyridine rings is 1. The van der Waals surface area contributed by atoms with E-state index in [-0.39, 0.29) is 11.9 Å². The fraction of sp³-hybridized carbons (Fsp3) is 0.138. The largest absolute Gasteiger partial charge is 0.457 e. The number of carbonyl (C=O) groups is 1. The SMILES string of the molecule is C=CC(=O)N1CCC(n2nc(-c3ccc(Oc4cccc5ccccc45)cc3)c3cnccc32)C1. The summed E-state index contributed by atoms with van der Waals surface area (Å²) in [6.45, 7) is 4.94. The van der Waals surface area contributed by atoms with Crippen molar-refractivity contribution in [3.05, 3.63) is 97.8 Å². The number of likely N-dealkylation sites (tertiary alicyclic amines) is 1. The van der Waals surface area contributed by atoms with Gasteiger partial charge in [-0.15, -0.1) is 0 Å². The summed E-state index contributed by atoms with van der Waals surface area (Å²) in [5.41, 5.74) is 2.88. The van der Waals surface area contributed by atoms with E-state index >= 15 is 0 Å². The van der Waals surface area contributed by atoms with Crippen LogP contribution >= 0.6 is 0 Å². The van der Waals surface area contributed by atoms with Crippen molar-refractivity contribution in [1.29, 1.82) is 0 Å². The highest BCUT2D eigenvalue weighted by atomic mass is 16.5. The van der Waals surface area contributed by atoms with Crippen LogP contribution in [0, 0.1) is 0 Å². The molecule has 5 aromatic rings. The second-order valence-electron chi connectivity index (χ2n) is 8.72. The Balaban J connectivity index is 1.31. The van der Waals surface area contributed by atoms with Gasteiger partial charge >= 0.3 is 0 Å². The molecule has 172 valence electrons. The number of nitrogens with zero attached hydrogens (tertiary/aromatic N) is 4. The number of carbonyl (C=O) groups excluding carboxylic acids is 1. The van der Waals surface area contributed by atoms with Crippen molar-refractivity contribution >= 4 is 27.6 Å². The van der Waals surface area contributed by atoms with Gasteiger partial charge in [0.05, 0.1) is 11.6 Å². The minimum Gasteiger partial charge on any atom is -0.457 e. The minimum absolute atomic E-state index is 0.0346. The Morgan fingerprint density at radius 1 is 1.00 bits per heavy atom. The van der Waals surface area contributed by atoms with Crippen LogP contribution in [-0.2, 0) is 4.79 Å². The summed E-state index contributed by atoms with van der Waals surface area (Å²) in [6.07, 6.45) is 5.88. The van der Waals surface area contributed by atoms with Crippen molar-refractivity contribution in [3.63, 3.8) is 0 Å². The molecule has 6 rings (SSSR count). The maximum Gasteiger partial charge on any atom is 0.246 e. The predicted octanol–water partition coefficient (Wildman–Crippen LogP) is 6.00. The zero-order valence-electron chi connectivity index (χ0n) is 19.2. The Labute approximate surface area is 203 Å². The van der Waals surface area contributed by atoms with Crippen molar-refractivity contribution in [1.82, 2.24) is 19.7 Å². The maximum atomic E-state index is 12.1. The molecule has 6 heteroatoms. The normalized spacial score (nSPS) is 15.5. The second kappa shape index (κ2) is 8.72. The molecule has 35 heavy (non-hydrogen) atoms. The molecule has 1 atom stereocenters. The lowest BCUT2D eigenvalue weighted by Gasteiger charge is -2.15. The number of ether oxygens (including phenoxy) is 1. The molecular formula is C29H24N4O2. The van der Waals surface area contributed by atoms with E-state index in [1.165, 1.54) is 6.08 Å². The summed E-state index contributed by atoms with van der Waals surface area (Å²) in [7, 11) is 0. The monoisotopic (exact) mass is 460 g/mol. The summed E-state index contributed by atoms with van der Waals surface area (Å²) in [5, 5.41) is 8.20. The molecule has 1 aliphatic rings. The van der Waals surface area contributed by atoms with Crippen LogP contribution in [0.2, 0.25) is 0 Å². The molecule has 0 N–H and O–H groups in total. The molecule has 3 aromatic carbocycles. The third-order valence-corrected chi connectivity index (χ3v) is 6.61.